The highest BCUT2D eigenvalue weighted by Gasteiger charge is 2.49. The number of benzene rings is 1. The number of aromatic amines is 1. The van der Waals surface area contributed by atoms with Crippen LogP contribution in [-0.4, -0.2) is 60.4 Å². The molecule has 2 N–H and O–H groups in total. The summed E-state index contributed by atoms with van der Waals surface area (Å²) in [5.74, 6) is -2.08. The zero-order chi connectivity index (χ0) is 30.4. The van der Waals surface area contributed by atoms with E-state index in [0.717, 1.165) is 19.2 Å². The van der Waals surface area contributed by atoms with Gasteiger partial charge in [0.05, 0.1) is 29.1 Å². The maximum atomic E-state index is 13.1. The number of nitrogens with zero attached hydrogens (tertiary/aromatic N) is 2. The van der Waals surface area contributed by atoms with E-state index in [1.54, 1.807) is 41.5 Å². The molecule has 0 fully saturated rings. The Morgan fingerprint density at radius 2 is 1.60 bits per heavy atom. The number of hydrogen-bond donors (Lipinski definition) is 2. The number of rotatable bonds is 4. The van der Waals surface area contributed by atoms with Crippen LogP contribution < -0.4 is 14.9 Å². The molecule has 13 nitrogen and oxygen atoms in total. The minimum absolute atomic E-state index is 0.143. The maximum absolute atomic E-state index is 13.1. The van der Waals surface area contributed by atoms with Gasteiger partial charge in [-0.15, -0.1) is 0 Å². The summed E-state index contributed by atoms with van der Waals surface area (Å²) in [6.07, 6.45) is -2.12. The van der Waals surface area contributed by atoms with E-state index < -0.39 is 56.3 Å². The van der Waals surface area contributed by atoms with Gasteiger partial charge in [0.1, 0.15) is 22.4 Å². The number of hydrogen-bond acceptors (Lipinski definition) is 10. The summed E-state index contributed by atoms with van der Waals surface area (Å²) in [6, 6.07) is 2.03. The van der Waals surface area contributed by atoms with Gasteiger partial charge in [0.15, 0.2) is 0 Å². The maximum Gasteiger partial charge on any atom is 0.534 e. The van der Waals surface area contributed by atoms with Crippen LogP contribution in [0.5, 0.6) is 5.88 Å². The number of aromatic nitrogens is 2. The molecule has 2 heterocycles. The molecule has 0 bridgehead atoms. The van der Waals surface area contributed by atoms with Crippen LogP contribution in [0, 0.1) is 0 Å². The van der Waals surface area contributed by atoms with E-state index in [9.17, 15) is 36.0 Å². The lowest BCUT2D eigenvalue weighted by molar-refractivity contribution is -0.0500. The molecule has 1 aromatic carbocycles. The van der Waals surface area contributed by atoms with Crippen LogP contribution >= 0.6 is 0 Å². The fourth-order valence-corrected chi connectivity index (χ4v) is 3.73. The number of halogens is 3. The minimum Gasteiger partial charge on any atom is -0.464 e. The van der Waals surface area contributed by atoms with E-state index >= 15 is 0 Å². The molecule has 0 aliphatic rings. The third-order valence-electron chi connectivity index (χ3n) is 4.66. The number of carbonyl (C=O) groups excluding carboxylic acids is 3. The van der Waals surface area contributed by atoms with Crippen LogP contribution in [0.3, 0.4) is 0 Å². The zero-order valence-electron chi connectivity index (χ0n) is 22.3. The predicted molar refractivity (Wildman–Crippen MR) is 133 cm³/mol. The number of amides is 2. The first-order valence-corrected chi connectivity index (χ1v) is 12.7. The monoisotopic (exact) mass is 590 g/mol. The first-order chi connectivity index (χ1) is 18.1. The molecule has 2 aromatic heterocycles. The molecule has 17 heteroatoms. The van der Waals surface area contributed by atoms with E-state index in [4.69, 9.17) is 9.47 Å². The molecular weight excluding hydrogens is 565 g/mol. The van der Waals surface area contributed by atoms with Crippen molar-refractivity contribution in [1.82, 2.24) is 9.97 Å². The van der Waals surface area contributed by atoms with Crippen molar-refractivity contribution < 1.29 is 54.4 Å². The van der Waals surface area contributed by atoms with Gasteiger partial charge in [0.25, 0.3) is 0 Å². The molecule has 0 radical (unpaired) electrons. The molecule has 0 saturated heterocycles. The second-order valence-corrected chi connectivity index (χ2v) is 11.8. The summed E-state index contributed by atoms with van der Waals surface area (Å²) in [5.41, 5.74) is -8.81. The molecule has 218 valence electrons. The number of methoxy groups -OCH3 is 1. The Hall–Kier alpha value is -4.15. The molecular formula is C23H25F3N4O9S. The van der Waals surface area contributed by atoms with Crippen molar-refractivity contribution in [2.24, 2.45) is 4.99 Å². The van der Waals surface area contributed by atoms with Crippen LogP contribution in [-0.2, 0) is 24.3 Å². The van der Waals surface area contributed by atoms with Gasteiger partial charge in [-0.2, -0.15) is 26.6 Å². The topological polar surface area (TPSA) is 175 Å². The largest absolute Gasteiger partial charge is 0.534 e. The first kappa shape index (κ1) is 30.4. The first-order valence-electron chi connectivity index (χ1n) is 11.3. The van der Waals surface area contributed by atoms with Crippen LogP contribution in [0.25, 0.3) is 21.8 Å². The Balaban J connectivity index is 2.43. The summed E-state index contributed by atoms with van der Waals surface area (Å²) in [5, 5.41) is 1.54. The van der Waals surface area contributed by atoms with Gasteiger partial charge in [-0.1, -0.05) is 0 Å². The minimum atomic E-state index is -6.21. The van der Waals surface area contributed by atoms with E-state index in [0.29, 0.717) is 0 Å². The number of alkyl halides is 3. The van der Waals surface area contributed by atoms with Gasteiger partial charge in [-0.3, -0.25) is 5.32 Å². The van der Waals surface area contributed by atoms with E-state index in [2.05, 4.69) is 29.2 Å². The molecule has 2 amide bonds. The number of pyridine rings is 1. The van der Waals surface area contributed by atoms with Crippen LogP contribution in [0.15, 0.2) is 17.1 Å². The van der Waals surface area contributed by atoms with Crippen molar-refractivity contribution in [2.45, 2.75) is 58.3 Å². The summed E-state index contributed by atoms with van der Waals surface area (Å²) >= 11 is 0. The molecule has 0 saturated carbocycles. The van der Waals surface area contributed by atoms with Crippen molar-refractivity contribution in [2.75, 3.05) is 12.4 Å². The molecule has 0 aliphatic carbocycles. The number of H-pyrrole nitrogens is 1. The summed E-state index contributed by atoms with van der Waals surface area (Å²) < 4.78 is 82.4. The number of nitrogens with one attached hydrogen (secondary N) is 2. The molecule has 3 aromatic rings. The number of anilines is 1. The average molecular weight is 591 g/mol. The molecule has 3 rings (SSSR count). The quantitative estimate of drug-likeness (QED) is 0.192. The summed E-state index contributed by atoms with van der Waals surface area (Å²) in [7, 11) is -5.19. The average Bonchev–Trinajstić information content (AvgIpc) is 3.11. The fourth-order valence-electron chi connectivity index (χ4n) is 3.30. The van der Waals surface area contributed by atoms with Crippen molar-refractivity contribution in [3.63, 3.8) is 0 Å². The number of ether oxygens (including phenoxy) is 3. The Bertz CT molecular complexity index is 1670. The highest BCUT2D eigenvalue weighted by Crippen LogP contribution is 2.38. The number of esters is 1. The second-order valence-electron chi connectivity index (χ2n) is 10.2. The lowest BCUT2D eigenvalue weighted by atomic mass is 10.1. The van der Waals surface area contributed by atoms with Gasteiger partial charge in [-0.25, -0.2) is 19.4 Å². The smallest absolute Gasteiger partial charge is 0.464 e. The third kappa shape index (κ3) is 6.70. The van der Waals surface area contributed by atoms with Crippen LogP contribution in [0.1, 0.15) is 52.0 Å². The van der Waals surface area contributed by atoms with Crippen molar-refractivity contribution in [3.8, 4) is 5.88 Å². The Kier molecular flexibility index (Phi) is 7.68. The Morgan fingerprint density at radius 3 is 2.12 bits per heavy atom. The van der Waals surface area contributed by atoms with E-state index in [1.165, 1.54) is 0 Å². The highest BCUT2D eigenvalue weighted by molar-refractivity contribution is 7.88. The van der Waals surface area contributed by atoms with Crippen molar-refractivity contribution in [1.29, 1.82) is 0 Å². The standard InChI is InChI=1S/C23H25F3N4O9S/c1-21(2,3)37-19(32)28-11-9-12(29-20(33)38-22(4,5)6)16-14-10(8-13(18(31)36-7)27-15(11)14)17(30-16)39-40(34,35)23(24,25)26/h8-9,27H,1-7H3,(H,29,33). The lowest BCUT2D eigenvalue weighted by Gasteiger charge is -2.20. The Labute approximate surface area is 225 Å². The van der Waals surface area contributed by atoms with Gasteiger partial charge in [0.2, 0.25) is 5.88 Å². The molecule has 40 heavy (non-hydrogen) atoms. The normalized spacial score (nSPS) is 13.4. The van der Waals surface area contributed by atoms with Gasteiger partial charge in [0, 0.05) is 5.39 Å². The summed E-state index contributed by atoms with van der Waals surface area (Å²) in [4.78, 5) is 47.8. The summed E-state index contributed by atoms with van der Waals surface area (Å²) in [6.45, 7) is 9.43. The van der Waals surface area contributed by atoms with Crippen molar-refractivity contribution >= 4 is 55.8 Å². The molecule has 0 aliphatic heterocycles. The molecule has 0 spiro atoms. The zero-order valence-corrected chi connectivity index (χ0v) is 23.1. The second kappa shape index (κ2) is 10.1. The van der Waals surface area contributed by atoms with Crippen LogP contribution in [0.4, 0.5) is 28.4 Å². The fraction of sp³-hybridized carbons (Fsp3) is 0.435. The molecule has 0 unspecified atom stereocenters. The van der Waals surface area contributed by atoms with Crippen molar-refractivity contribution in [3.05, 3.63) is 23.2 Å². The van der Waals surface area contributed by atoms with E-state index in [1.807, 2.05) is 0 Å². The molecule has 0 atom stereocenters. The Morgan fingerprint density at radius 1 is 1.00 bits per heavy atom. The van der Waals surface area contributed by atoms with Gasteiger partial charge in [-0.05, 0) is 53.7 Å². The SMILES string of the molecule is COC(=O)c1cc2c(OS(=O)(=O)C(F)(F)F)nc3c(NC(=O)OC(C)(C)C)cc(=NC(=O)OC(C)(C)C)c([nH]1)c23. The lowest BCUT2D eigenvalue weighted by Crippen LogP contribution is -2.28. The highest BCUT2D eigenvalue weighted by atomic mass is 32.2. The third-order valence-corrected chi connectivity index (χ3v) is 5.60. The van der Waals surface area contributed by atoms with Gasteiger partial charge >= 0.3 is 33.8 Å². The van der Waals surface area contributed by atoms with Crippen LogP contribution in [0.2, 0.25) is 0 Å². The van der Waals surface area contributed by atoms with Gasteiger partial charge < -0.3 is 23.4 Å². The van der Waals surface area contributed by atoms with E-state index in [-0.39, 0.29) is 33.2 Å². The number of carbonyl (C=O) groups is 3. The predicted octanol–water partition coefficient (Wildman–Crippen LogP) is 4.35.